The second kappa shape index (κ2) is 6.86. The van der Waals surface area contributed by atoms with E-state index in [2.05, 4.69) is 15.5 Å². The Morgan fingerprint density at radius 1 is 1.05 bits per heavy atom. The molecule has 0 atom stereocenters. The number of hydrazone groups is 1. The summed E-state index contributed by atoms with van der Waals surface area (Å²) in [4.78, 5) is 15.4. The van der Waals surface area contributed by atoms with Crippen molar-refractivity contribution < 1.29 is 4.79 Å². The van der Waals surface area contributed by atoms with Gasteiger partial charge in [-0.15, -0.1) is 0 Å². The van der Waals surface area contributed by atoms with Crippen molar-refractivity contribution in [3.63, 3.8) is 0 Å². The third-order valence-corrected chi connectivity index (χ3v) is 2.32. The summed E-state index contributed by atoms with van der Waals surface area (Å²) >= 11 is 0. The Balaban J connectivity index is 1.85. The molecule has 0 saturated carbocycles. The Hall–Kier alpha value is -2.75. The fourth-order valence-electron chi connectivity index (χ4n) is 1.39. The molecule has 1 heterocycles. The molecular weight excluding hydrogens is 238 g/mol. The van der Waals surface area contributed by atoms with Gasteiger partial charge < -0.3 is 0 Å². The zero-order chi connectivity index (χ0) is 13.3. The van der Waals surface area contributed by atoms with E-state index in [9.17, 15) is 4.79 Å². The van der Waals surface area contributed by atoms with Crippen molar-refractivity contribution in [1.29, 1.82) is 0 Å². The molecule has 19 heavy (non-hydrogen) atoms. The predicted octanol–water partition coefficient (Wildman–Crippen LogP) is 2.25. The van der Waals surface area contributed by atoms with E-state index in [1.165, 1.54) is 6.08 Å². The third-order valence-electron chi connectivity index (χ3n) is 2.32. The van der Waals surface area contributed by atoms with Crippen LogP contribution in [0.15, 0.2) is 66.0 Å². The van der Waals surface area contributed by atoms with Crippen LogP contribution in [-0.2, 0) is 4.79 Å². The lowest BCUT2D eigenvalue weighted by atomic mass is 10.2. The second-order valence-electron chi connectivity index (χ2n) is 3.76. The molecule has 0 saturated heterocycles. The topological polar surface area (TPSA) is 54.4 Å². The Morgan fingerprint density at radius 2 is 1.79 bits per heavy atom. The molecule has 1 aromatic carbocycles. The summed E-state index contributed by atoms with van der Waals surface area (Å²) in [5, 5.41) is 3.85. The van der Waals surface area contributed by atoms with E-state index in [1.54, 1.807) is 36.8 Å². The van der Waals surface area contributed by atoms with Crippen molar-refractivity contribution in [3.8, 4) is 0 Å². The van der Waals surface area contributed by atoms with E-state index in [-0.39, 0.29) is 5.91 Å². The average molecular weight is 251 g/mol. The number of pyridine rings is 1. The molecule has 0 unspecified atom stereocenters. The standard InChI is InChI=1S/C15H13N3O/c19-15(7-6-13-4-2-1-3-5-13)18-17-12-14-8-10-16-11-9-14/h1-12H,(H,18,19)/b7-6-,17-12-. The van der Waals surface area contributed by atoms with E-state index in [0.717, 1.165) is 11.1 Å². The minimum Gasteiger partial charge on any atom is -0.268 e. The molecule has 1 amide bonds. The summed E-state index contributed by atoms with van der Waals surface area (Å²) in [5.74, 6) is -0.269. The van der Waals surface area contributed by atoms with Crippen molar-refractivity contribution in [1.82, 2.24) is 10.4 Å². The first-order valence-electron chi connectivity index (χ1n) is 5.81. The molecule has 0 bridgehead atoms. The van der Waals surface area contributed by atoms with Gasteiger partial charge >= 0.3 is 0 Å². The molecular formula is C15H13N3O. The van der Waals surface area contributed by atoms with Crippen LogP contribution in [0.4, 0.5) is 0 Å². The molecule has 0 aliphatic rings. The Bertz CT molecular complexity index is 577. The van der Waals surface area contributed by atoms with Gasteiger partial charge in [-0.2, -0.15) is 5.10 Å². The van der Waals surface area contributed by atoms with Crippen molar-refractivity contribution in [2.45, 2.75) is 0 Å². The van der Waals surface area contributed by atoms with E-state index in [1.807, 2.05) is 30.3 Å². The van der Waals surface area contributed by atoms with Gasteiger partial charge in [0.15, 0.2) is 0 Å². The lowest BCUT2D eigenvalue weighted by Gasteiger charge is -1.94. The van der Waals surface area contributed by atoms with Crippen molar-refractivity contribution in [2.75, 3.05) is 0 Å². The van der Waals surface area contributed by atoms with Gasteiger partial charge in [0.25, 0.3) is 5.91 Å². The molecule has 2 aromatic rings. The van der Waals surface area contributed by atoms with Crippen LogP contribution in [0.25, 0.3) is 6.08 Å². The summed E-state index contributed by atoms with van der Waals surface area (Å²) in [5.41, 5.74) is 4.27. The minimum atomic E-state index is -0.269. The van der Waals surface area contributed by atoms with Gasteiger partial charge in [-0.1, -0.05) is 30.3 Å². The summed E-state index contributed by atoms with van der Waals surface area (Å²) in [6, 6.07) is 13.2. The van der Waals surface area contributed by atoms with Crippen molar-refractivity contribution in [2.24, 2.45) is 5.10 Å². The highest BCUT2D eigenvalue weighted by Gasteiger charge is 1.91. The molecule has 0 fully saturated rings. The lowest BCUT2D eigenvalue weighted by molar-refractivity contribution is -0.116. The highest BCUT2D eigenvalue weighted by Crippen LogP contribution is 2.00. The van der Waals surface area contributed by atoms with Gasteiger partial charge in [-0.05, 0) is 29.3 Å². The van der Waals surface area contributed by atoms with Gasteiger partial charge in [0.2, 0.25) is 0 Å². The molecule has 0 radical (unpaired) electrons. The van der Waals surface area contributed by atoms with Crippen LogP contribution in [0.2, 0.25) is 0 Å². The molecule has 1 aromatic heterocycles. The summed E-state index contributed by atoms with van der Waals surface area (Å²) in [7, 11) is 0. The maximum absolute atomic E-state index is 11.5. The third kappa shape index (κ3) is 4.55. The van der Waals surface area contributed by atoms with Crippen LogP contribution in [0.3, 0.4) is 0 Å². The van der Waals surface area contributed by atoms with Gasteiger partial charge in [0.1, 0.15) is 0 Å². The second-order valence-corrected chi connectivity index (χ2v) is 3.76. The normalized spacial score (nSPS) is 10.9. The molecule has 0 aliphatic carbocycles. The number of nitrogens with zero attached hydrogens (tertiary/aromatic N) is 2. The van der Waals surface area contributed by atoms with Crippen molar-refractivity contribution >= 4 is 18.2 Å². The van der Waals surface area contributed by atoms with Gasteiger partial charge in [0.05, 0.1) is 6.21 Å². The number of amides is 1. The zero-order valence-corrected chi connectivity index (χ0v) is 10.2. The summed E-state index contributed by atoms with van der Waals surface area (Å²) < 4.78 is 0. The van der Waals surface area contributed by atoms with E-state index < -0.39 is 0 Å². The molecule has 94 valence electrons. The van der Waals surface area contributed by atoms with Gasteiger partial charge in [0, 0.05) is 18.5 Å². The number of benzene rings is 1. The van der Waals surface area contributed by atoms with Crippen molar-refractivity contribution in [3.05, 3.63) is 72.1 Å². The molecule has 0 aliphatic heterocycles. The maximum Gasteiger partial charge on any atom is 0.264 e. The monoisotopic (exact) mass is 251 g/mol. The minimum absolute atomic E-state index is 0.269. The quantitative estimate of drug-likeness (QED) is 0.514. The number of nitrogens with one attached hydrogen (secondary N) is 1. The number of rotatable bonds is 4. The first-order chi connectivity index (χ1) is 9.34. The van der Waals surface area contributed by atoms with Crippen LogP contribution in [0, 0.1) is 0 Å². The highest BCUT2D eigenvalue weighted by atomic mass is 16.2. The van der Waals surface area contributed by atoms with Crippen LogP contribution in [0.1, 0.15) is 11.1 Å². The largest absolute Gasteiger partial charge is 0.268 e. The lowest BCUT2D eigenvalue weighted by Crippen LogP contribution is -2.14. The maximum atomic E-state index is 11.5. The Morgan fingerprint density at radius 3 is 2.53 bits per heavy atom. The van der Waals surface area contributed by atoms with Gasteiger partial charge in [-0.25, -0.2) is 5.43 Å². The average Bonchev–Trinajstić information content (AvgIpc) is 2.47. The van der Waals surface area contributed by atoms with Crippen LogP contribution in [-0.4, -0.2) is 17.1 Å². The van der Waals surface area contributed by atoms with Crippen LogP contribution >= 0.6 is 0 Å². The highest BCUT2D eigenvalue weighted by molar-refractivity contribution is 5.92. The summed E-state index contributed by atoms with van der Waals surface area (Å²) in [6.07, 6.45) is 8.07. The molecule has 2 rings (SSSR count). The predicted molar refractivity (Wildman–Crippen MR) is 75.4 cm³/mol. The number of carbonyl (C=O) groups excluding carboxylic acids is 1. The fourth-order valence-corrected chi connectivity index (χ4v) is 1.39. The smallest absolute Gasteiger partial charge is 0.264 e. The molecule has 4 nitrogen and oxygen atoms in total. The van der Waals surface area contributed by atoms with E-state index >= 15 is 0 Å². The SMILES string of the molecule is O=C(/C=C\c1ccccc1)N/N=C\c1ccncc1. The number of carbonyl (C=O) groups is 1. The number of hydrogen-bond acceptors (Lipinski definition) is 3. The van der Waals surface area contributed by atoms with Gasteiger partial charge in [-0.3, -0.25) is 9.78 Å². The Kier molecular flexibility index (Phi) is 4.58. The van der Waals surface area contributed by atoms with E-state index in [0.29, 0.717) is 0 Å². The number of aromatic nitrogens is 1. The summed E-state index contributed by atoms with van der Waals surface area (Å²) in [6.45, 7) is 0. The molecule has 4 heteroatoms. The van der Waals surface area contributed by atoms with Crippen LogP contribution in [0.5, 0.6) is 0 Å². The first kappa shape index (κ1) is 12.7. The first-order valence-corrected chi connectivity index (χ1v) is 5.81. The van der Waals surface area contributed by atoms with E-state index in [4.69, 9.17) is 0 Å². The number of hydrogen-bond donors (Lipinski definition) is 1. The Labute approximate surface area is 111 Å². The molecule has 0 spiro atoms. The fraction of sp³-hybridized carbons (Fsp3) is 0. The zero-order valence-electron chi connectivity index (χ0n) is 10.2. The molecule has 1 N–H and O–H groups in total. The van der Waals surface area contributed by atoms with Crippen LogP contribution < -0.4 is 5.43 Å².